The Hall–Kier alpha value is -3.65. The molecular weight excluding hydrogens is 488 g/mol. The van der Waals surface area contributed by atoms with E-state index in [1.807, 2.05) is 48.5 Å². The highest BCUT2D eigenvalue weighted by molar-refractivity contribution is 5.93. The van der Waals surface area contributed by atoms with Crippen molar-refractivity contribution in [2.24, 2.45) is 5.41 Å². The van der Waals surface area contributed by atoms with E-state index in [-0.39, 0.29) is 13.2 Å². The fourth-order valence-electron chi connectivity index (χ4n) is 3.83. The zero-order chi connectivity index (χ0) is 28.3. The average Bonchev–Trinajstić information content (AvgIpc) is 2.92. The van der Waals surface area contributed by atoms with Crippen LogP contribution in [0, 0.1) is 5.41 Å². The predicted molar refractivity (Wildman–Crippen MR) is 142 cm³/mol. The lowest BCUT2D eigenvalue weighted by molar-refractivity contribution is -0.143. The van der Waals surface area contributed by atoms with Crippen LogP contribution in [0.3, 0.4) is 0 Å². The molecule has 0 unspecified atom stereocenters. The third-order valence-electron chi connectivity index (χ3n) is 6.54. The maximum absolute atomic E-state index is 13.8. The molecule has 0 aromatic heterocycles. The Kier molecular flexibility index (Phi) is 11.5. The summed E-state index contributed by atoms with van der Waals surface area (Å²) in [5, 5.41) is 10.1. The molecule has 0 aliphatic heterocycles. The van der Waals surface area contributed by atoms with E-state index in [4.69, 9.17) is 18.9 Å². The van der Waals surface area contributed by atoms with E-state index in [9.17, 15) is 19.5 Å². The minimum Gasteiger partial charge on any atom is -0.430 e. The maximum atomic E-state index is 13.8. The standard InChI is InChI=1S/C30H38O8/c1-7-25(37-28(33)35-18-23-14-10-8-11-15-23)30(5,6)27(32)26(21(3)20(2)22(4)31)38-29(34)36-19-24-16-12-9-13-17-24/h8-17,22,25-26,31H,7,18-19H2,1-6H3/b21-20+/t22-,25-,26+/m0/s1. The van der Waals surface area contributed by atoms with Crippen LogP contribution in [0.4, 0.5) is 9.59 Å². The zero-order valence-corrected chi connectivity index (χ0v) is 22.9. The second kappa shape index (κ2) is 14.3. The molecule has 0 bridgehead atoms. The smallest absolute Gasteiger partial charge is 0.430 e. The summed E-state index contributed by atoms with van der Waals surface area (Å²) in [5.74, 6) is -0.505. The summed E-state index contributed by atoms with van der Waals surface area (Å²) in [7, 11) is 0. The number of ketones is 1. The molecule has 2 rings (SSSR count). The predicted octanol–water partition coefficient (Wildman–Crippen LogP) is 6.15. The van der Waals surface area contributed by atoms with Gasteiger partial charge in [-0.3, -0.25) is 4.79 Å². The number of benzene rings is 2. The number of aliphatic hydroxyl groups excluding tert-OH is 1. The molecule has 1 N–H and O–H groups in total. The minimum absolute atomic E-state index is 0.0267. The highest BCUT2D eigenvalue weighted by Gasteiger charge is 2.45. The lowest BCUT2D eigenvalue weighted by Gasteiger charge is -2.34. The summed E-state index contributed by atoms with van der Waals surface area (Å²) in [6.45, 7) is 9.82. The van der Waals surface area contributed by atoms with Crippen molar-refractivity contribution in [3.63, 3.8) is 0 Å². The summed E-state index contributed by atoms with van der Waals surface area (Å²) < 4.78 is 21.5. The molecule has 0 fully saturated rings. The summed E-state index contributed by atoms with van der Waals surface area (Å²) >= 11 is 0. The van der Waals surface area contributed by atoms with Crippen LogP contribution < -0.4 is 0 Å². The van der Waals surface area contributed by atoms with Crippen LogP contribution in [0.25, 0.3) is 0 Å². The van der Waals surface area contributed by atoms with Gasteiger partial charge < -0.3 is 24.1 Å². The number of hydrogen-bond donors (Lipinski definition) is 1. The lowest BCUT2D eigenvalue weighted by Crippen LogP contribution is -2.47. The van der Waals surface area contributed by atoms with E-state index in [1.54, 1.807) is 53.7 Å². The second-order valence-electron chi connectivity index (χ2n) is 9.69. The van der Waals surface area contributed by atoms with E-state index in [2.05, 4.69) is 0 Å². The topological polar surface area (TPSA) is 108 Å². The van der Waals surface area contributed by atoms with Gasteiger partial charge in [0.15, 0.2) is 11.9 Å². The molecule has 0 radical (unpaired) electrons. The van der Waals surface area contributed by atoms with Crippen LogP contribution in [-0.2, 0) is 37.0 Å². The van der Waals surface area contributed by atoms with Gasteiger partial charge in [-0.05, 0) is 63.3 Å². The monoisotopic (exact) mass is 526 g/mol. The Bertz CT molecular complexity index is 1090. The number of carbonyl (C=O) groups is 3. The van der Waals surface area contributed by atoms with E-state index < -0.39 is 41.8 Å². The van der Waals surface area contributed by atoms with Crippen molar-refractivity contribution in [2.75, 3.05) is 0 Å². The van der Waals surface area contributed by atoms with Gasteiger partial charge in [-0.15, -0.1) is 0 Å². The van der Waals surface area contributed by atoms with Gasteiger partial charge in [0.25, 0.3) is 0 Å². The van der Waals surface area contributed by atoms with Crippen LogP contribution in [0.15, 0.2) is 71.8 Å². The van der Waals surface area contributed by atoms with Crippen molar-refractivity contribution in [1.82, 2.24) is 0 Å². The molecule has 0 saturated carbocycles. The largest absolute Gasteiger partial charge is 0.509 e. The molecule has 0 spiro atoms. The number of Topliss-reactive ketones (excluding diaryl/α,β-unsaturated/α-hetero) is 1. The molecule has 8 heteroatoms. The van der Waals surface area contributed by atoms with Crippen molar-refractivity contribution in [3.8, 4) is 0 Å². The van der Waals surface area contributed by atoms with E-state index >= 15 is 0 Å². The number of rotatable bonds is 12. The van der Waals surface area contributed by atoms with E-state index in [0.29, 0.717) is 17.6 Å². The molecular formula is C30H38O8. The highest BCUT2D eigenvalue weighted by atomic mass is 16.7. The van der Waals surface area contributed by atoms with Gasteiger partial charge in [0, 0.05) is 0 Å². The Labute approximate surface area is 224 Å². The molecule has 2 aromatic carbocycles. The molecule has 38 heavy (non-hydrogen) atoms. The van der Waals surface area contributed by atoms with E-state index in [0.717, 1.165) is 11.1 Å². The molecule has 3 atom stereocenters. The van der Waals surface area contributed by atoms with Crippen LogP contribution in [0.5, 0.6) is 0 Å². The van der Waals surface area contributed by atoms with Crippen LogP contribution in [-0.4, -0.2) is 41.5 Å². The van der Waals surface area contributed by atoms with Crippen molar-refractivity contribution >= 4 is 18.1 Å². The number of hydrogen-bond acceptors (Lipinski definition) is 8. The number of ether oxygens (including phenoxy) is 4. The number of aliphatic hydroxyl groups is 1. The van der Waals surface area contributed by atoms with Crippen LogP contribution >= 0.6 is 0 Å². The fraction of sp³-hybridized carbons (Fsp3) is 0.433. The van der Waals surface area contributed by atoms with Crippen LogP contribution in [0.1, 0.15) is 59.1 Å². The molecule has 0 aliphatic rings. The van der Waals surface area contributed by atoms with Crippen molar-refractivity contribution < 1.29 is 38.4 Å². The first-order chi connectivity index (χ1) is 18.0. The van der Waals surface area contributed by atoms with Gasteiger partial charge in [0.2, 0.25) is 0 Å². The zero-order valence-electron chi connectivity index (χ0n) is 22.9. The molecule has 2 aromatic rings. The Morgan fingerprint density at radius 1 is 0.789 bits per heavy atom. The molecule has 0 amide bonds. The first-order valence-corrected chi connectivity index (χ1v) is 12.6. The van der Waals surface area contributed by atoms with Crippen LogP contribution in [0.2, 0.25) is 0 Å². The normalized spacial score (nSPS) is 14.4. The third kappa shape index (κ3) is 8.73. The maximum Gasteiger partial charge on any atom is 0.509 e. The molecule has 0 saturated heterocycles. The molecule has 0 heterocycles. The summed E-state index contributed by atoms with van der Waals surface area (Å²) in [6.07, 6.45) is -4.73. The Balaban J connectivity index is 2.18. The van der Waals surface area contributed by atoms with Gasteiger partial charge in [-0.2, -0.15) is 0 Å². The fourth-order valence-corrected chi connectivity index (χ4v) is 3.83. The first-order valence-electron chi connectivity index (χ1n) is 12.6. The van der Waals surface area contributed by atoms with Gasteiger partial charge in [0.05, 0.1) is 11.5 Å². The van der Waals surface area contributed by atoms with E-state index in [1.165, 1.54) is 0 Å². The Morgan fingerprint density at radius 3 is 1.66 bits per heavy atom. The van der Waals surface area contributed by atoms with Gasteiger partial charge >= 0.3 is 12.3 Å². The first kappa shape index (κ1) is 30.6. The van der Waals surface area contributed by atoms with Crippen molar-refractivity contribution in [1.29, 1.82) is 0 Å². The second-order valence-corrected chi connectivity index (χ2v) is 9.69. The summed E-state index contributed by atoms with van der Waals surface area (Å²) in [6, 6.07) is 18.2. The SMILES string of the molecule is CC[C@H](OC(=O)OCc1ccccc1)C(C)(C)C(=O)[C@H](OC(=O)OCc1ccccc1)/C(C)=C(\C)[C@H](C)O. The molecule has 8 nitrogen and oxygen atoms in total. The summed E-state index contributed by atoms with van der Waals surface area (Å²) in [5.41, 5.74) is 1.13. The quantitative estimate of drug-likeness (QED) is 0.259. The lowest BCUT2D eigenvalue weighted by atomic mass is 9.76. The molecule has 0 aliphatic carbocycles. The average molecular weight is 527 g/mol. The van der Waals surface area contributed by atoms with Crippen molar-refractivity contribution in [3.05, 3.63) is 82.9 Å². The van der Waals surface area contributed by atoms with Gasteiger partial charge in [-0.1, -0.05) is 67.6 Å². The van der Waals surface area contributed by atoms with Gasteiger partial charge in [0.1, 0.15) is 19.3 Å². The highest BCUT2D eigenvalue weighted by Crippen LogP contribution is 2.32. The Morgan fingerprint density at radius 2 is 1.24 bits per heavy atom. The summed E-state index contributed by atoms with van der Waals surface area (Å²) in [4.78, 5) is 38.9. The number of carbonyl (C=O) groups excluding carboxylic acids is 3. The minimum atomic E-state index is -1.36. The third-order valence-corrected chi connectivity index (χ3v) is 6.54. The van der Waals surface area contributed by atoms with Gasteiger partial charge in [-0.25, -0.2) is 9.59 Å². The van der Waals surface area contributed by atoms with Crippen molar-refractivity contribution in [2.45, 2.75) is 79.5 Å². The molecule has 206 valence electrons.